The molecular weight excluding hydrogens is 267 g/mol. The molecule has 1 aliphatic rings. The highest BCUT2D eigenvalue weighted by molar-refractivity contribution is 7.89. The maximum absolute atomic E-state index is 13.5. The topological polar surface area (TPSA) is 72.2 Å². The molecule has 4 nitrogen and oxygen atoms in total. The quantitative estimate of drug-likeness (QED) is 0.659. The van der Waals surface area contributed by atoms with Crippen LogP contribution in [-0.2, 0) is 10.0 Å². The zero-order valence-electron chi connectivity index (χ0n) is 10.9. The number of nitrogens with two attached hydrogens (primary N) is 1. The molecule has 0 radical (unpaired) electrons. The lowest BCUT2D eigenvalue weighted by Gasteiger charge is -2.17. The molecule has 0 atom stereocenters. The molecule has 104 valence electrons. The Hall–Kier alpha value is -1.40. The first-order chi connectivity index (χ1) is 8.83. The van der Waals surface area contributed by atoms with Gasteiger partial charge in [-0.15, -0.1) is 0 Å². The van der Waals surface area contributed by atoms with Crippen molar-refractivity contribution >= 4 is 15.7 Å². The van der Waals surface area contributed by atoms with Gasteiger partial charge in [0.15, 0.2) is 0 Å². The second-order valence-electron chi connectivity index (χ2n) is 4.80. The van der Waals surface area contributed by atoms with Crippen LogP contribution < -0.4 is 10.5 Å². The van der Waals surface area contributed by atoms with Crippen molar-refractivity contribution < 1.29 is 12.8 Å². The van der Waals surface area contributed by atoms with Crippen LogP contribution in [0.25, 0.3) is 0 Å². The van der Waals surface area contributed by atoms with Gasteiger partial charge in [0.1, 0.15) is 5.82 Å². The van der Waals surface area contributed by atoms with E-state index in [0.29, 0.717) is 18.4 Å². The standard InChI is InChI=1S/C13H17FN2O2S/c1-8-7-11(14)12(15)9(2)13(8)19(17,18)16-10-5-3-4-6-10/h3-4,7,10,16H,5-6,15H2,1-2H3. The predicted octanol–water partition coefficient (Wildman–Crippen LogP) is 2.02. The number of halogens is 1. The average Bonchev–Trinajstić information content (AvgIpc) is 2.77. The van der Waals surface area contributed by atoms with Gasteiger partial charge in [0.25, 0.3) is 0 Å². The van der Waals surface area contributed by atoms with Gasteiger partial charge >= 0.3 is 0 Å². The summed E-state index contributed by atoms with van der Waals surface area (Å²) >= 11 is 0. The Balaban J connectivity index is 2.43. The summed E-state index contributed by atoms with van der Waals surface area (Å²) < 4.78 is 40.8. The van der Waals surface area contributed by atoms with Crippen LogP contribution in [0.15, 0.2) is 23.1 Å². The molecule has 0 unspecified atom stereocenters. The minimum Gasteiger partial charge on any atom is -0.396 e. The molecule has 3 N–H and O–H groups in total. The van der Waals surface area contributed by atoms with E-state index in [4.69, 9.17) is 5.73 Å². The molecule has 1 aromatic rings. The molecule has 0 aliphatic heterocycles. The van der Waals surface area contributed by atoms with Gasteiger partial charge in [0, 0.05) is 6.04 Å². The summed E-state index contributed by atoms with van der Waals surface area (Å²) in [5.74, 6) is -0.587. The Kier molecular flexibility index (Phi) is 3.64. The number of hydrogen-bond donors (Lipinski definition) is 2. The number of benzene rings is 1. The Labute approximate surface area is 112 Å². The first-order valence-corrected chi connectivity index (χ1v) is 7.53. The first-order valence-electron chi connectivity index (χ1n) is 6.05. The number of rotatable bonds is 3. The minimum atomic E-state index is -3.68. The largest absolute Gasteiger partial charge is 0.396 e. The van der Waals surface area contributed by atoms with Crippen LogP contribution in [0.2, 0.25) is 0 Å². The fraction of sp³-hybridized carbons (Fsp3) is 0.385. The number of nitrogens with one attached hydrogen (secondary N) is 1. The van der Waals surface area contributed by atoms with Gasteiger partial charge in [-0.3, -0.25) is 0 Å². The lowest BCUT2D eigenvalue weighted by Crippen LogP contribution is -2.34. The SMILES string of the molecule is Cc1cc(F)c(N)c(C)c1S(=O)(=O)NC1CC=CC1. The third kappa shape index (κ3) is 2.64. The molecule has 0 fully saturated rings. The van der Waals surface area contributed by atoms with E-state index in [1.807, 2.05) is 12.2 Å². The first kappa shape index (κ1) is 14.0. The second-order valence-corrected chi connectivity index (χ2v) is 6.45. The summed E-state index contributed by atoms with van der Waals surface area (Å²) in [6.07, 6.45) is 5.22. The maximum Gasteiger partial charge on any atom is 0.241 e. The van der Waals surface area contributed by atoms with Crippen LogP contribution in [0.5, 0.6) is 0 Å². The fourth-order valence-electron chi connectivity index (χ4n) is 2.34. The lowest BCUT2D eigenvalue weighted by atomic mass is 10.1. The van der Waals surface area contributed by atoms with Gasteiger partial charge in [0.2, 0.25) is 10.0 Å². The van der Waals surface area contributed by atoms with Crippen molar-refractivity contribution in [2.45, 2.75) is 37.6 Å². The van der Waals surface area contributed by atoms with Gasteiger partial charge in [-0.2, -0.15) is 0 Å². The Morgan fingerprint density at radius 3 is 2.47 bits per heavy atom. The van der Waals surface area contributed by atoms with Gasteiger partial charge in [-0.25, -0.2) is 17.5 Å². The summed E-state index contributed by atoms with van der Waals surface area (Å²) in [4.78, 5) is 0.0818. The summed E-state index contributed by atoms with van der Waals surface area (Å²) in [5.41, 5.74) is 6.09. The number of anilines is 1. The molecular formula is C13H17FN2O2S. The summed E-state index contributed by atoms with van der Waals surface area (Å²) in [5, 5.41) is 0. The molecule has 2 rings (SSSR count). The smallest absolute Gasteiger partial charge is 0.241 e. The number of hydrogen-bond acceptors (Lipinski definition) is 3. The van der Waals surface area contributed by atoms with Gasteiger partial charge in [-0.1, -0.05) is 12.2 Å². The molecule has 1 aromatic carbocycles. The molecule has 6 heteroatoms. The molecule has 1 aliphatic carbocycles. The lowest BCUT2D eigenvalue weighted by molar-refractivity contribution is 0.555. The Morgan fingerprint density at radius 2 is 1.89 bits per heavy atom. The van der Waals surface area contributed by atoms with E-state index in [9.17, 15) is 12.8 Å². The second kappa shape index (κ2) is 4.94. The predicted molar refractivity (Wildman–Crippen MR) is 72.8 cm³/mol. The number of sulfonamides is 1. The Bertz CT molecular complexity index is 631. The molecule has 0 aromatic heterocycles. The van der Waals surface area contributed by atoms with Gasteiger partial charge in [-0.05, 0) is 43.9 Å². The van der Waals surface area contributed by atoms with Crippen molar-refractivity contribution in [3.63, 3.8) is 0 Å². The summed E-state index contributed by atoms with van der Waals surface area (Å²) in [6, 6.07) is 1.03. The monoisotopic (exact) mass is 284 g/mol. The highest BCUT2D eigenvalue weighted by Crippen LogP contribution is 2.28. The molecule has 0 saturated heterocycles. The molecule has 19 heavy (non-hydrogen) atoms. The van der Waals surface area contributed by atoms with Crippen LogP contribution in [0.3, 0.4) is 0 Å². The van der Waals surface area contributed by atoms with Crippen molar-refractivity contribution in [1.29, 1.82) is 0 Å². The normalized spacial score (nSPS) is 16.2. The highest BCUT2D eigenvalue weighted by Gasteiger charge is 2.26. The van der Waals surface area contributed by atoms with Gasteiger partial charge < -0.3 is 5.73 Å². The number of nitrogen functional groups attached to an aromatic ring is 1. The van der Waals surface area contributed by atoms with Crippen molar-refractivity contribution in [2.24, 2.45) is 0 Å². The highest BCUT2D eigenvalue weighted by atomic mass is 32.2. The molecule has 0 bridgehead atoms. The van der Waals surface area contributed by atoms with Crippen molar-refractivity contribution in [3.8, 4) is 0 Å². The molecule has 0 heterocycles. The van der Waals surface area contributed by atoms with Crippen molar-refractivity contribution in [3.05, 3.63) is 35.2 Å². The fourth-order valence-corrected chi connectivity index (χ4v) is 4.08. The zero-order valence-corrected chi connectivity index (χ0v) is 11.7. The van der Waals surface area contributed by atoms with Crippen LogP contribution in [0.1, 0.15) is 24.0 Å². The van der Waals surface area contributed by atoms with Crippen molar-refractivity contribution in [2.75, 3.05) is 5.73 Å². The molecule has 0 spiro atoms. The zero-order chi connectivity index (χ0) is 14.2. The van der Waals surface area contributed by atoms with E-state index in [-0.39, 0.29) is 22.2 Å². The summed E-state index contributed by atoms with van der Waals surface area (Å²) in [7, 11) is -3.68. The maximum atomic E-state index is 13.5. The third-order valence-electron chi connectivity index (χ3n) is 3.30. The third-order valence-corrected chi connectivity index (χ3v) is 5.11. The van der Waals surface area contributed by atoms with E-state index in [2.05, 4.69) is 4.72 Å². The van der Waals surface area contributed by atoms with E-state index < -0.39 is 15.8 Å². The van der Waals surface area contributed by atoms with Crippen LogP contribution in [-0.4, -0.2) is 14.5 Å². The van der Waals surface area contributed by atoms with Crippen LogP contribution >= 0.6 is 0 Å². The average molecular weight is 284 g/mol. The Morgan fingerprint density at radius 1 is 1.32 bits per heavy atom. The van der Waals surface area contributed by atoms with E-state index in [1.165, 1.54) is 6.92 Å². The van der Waals surface area contributed by atoms with Crippen LogP contribution in [0, 0.1) is 19.7 Å². The van der Waals surface area contributed by atoms with Gasteiger partial charge in [0.05, 0.1) is 10.6 Å². The van der Waals surface area contributed by atoms with E-state index in [1.54, 1.807) is 6.92 Å². The van der Waals surface area contributed by atoms with Crippen molar-refractivity contribution in [1.82, 2.24) is 4.72 Å². The molecule has 0 amide bonds. The van der Waals surface area contributed by atoms with E-state index in [0.717, 1.165) is 6.07 Å². The van der Waals surface area contributed by atoms with Crippen LogP contribution in [0.4, 0.5) is 10.1 Å². The van der Waals surface area contributed by atoms with E-state index >= 15 is 0 Å². The minimum absolute atomic E-state index is 0.0818. The molecule has 0 saturated carbocycles. The summed E-state index contributed by atoms with van der Waals surface area (Å²) in [6.45, 7) is 3.09. The number of aryl methyl sites for hydroxylation is 1.